The van der Waals surface area contributed by atoms with Gasteiger partial charge in [0.1, 0.15) is 4.83 Å². The van der Waals surface area contributed by atoms with Gasteiger partial charge in [-0.15, -0.1) is 11.3 Å². The van der Waals surface area contributed by atoms with Crippen LogP contribution in [0, 0.1) is 6.92 Å². The Kier molecular flexibility index (Phi) is 5.57. The fraction of sp³-hybridized carbons (Fsp3) is 0.400. The Morgan fingerprint density at radius 3 is 2.79 bits per heavy atom. The van der Waals surface area contributed by atoms with Crippen LogP contribution in [0.4, 0.5) is 0 Å². The van der Waals surface area contributed by atoms with Crippen LogP contribution in [-0.2, 0) is 13.0 Å². The van der Waals surface area contributed by atoms with Gasteiger partial charge in [0.05, 0.1) is 23.8 Å². The number of likely N-dealkylation sites (N-methyl/N-ethyl adjacent to an activating group) is 1. The summed E-state index contributed by atoms with van der Waals surface area (Å²) in [4.78, 5) is 22.6. The highest BCUT2D eigenvalue weighted by molar-refractivity contribution is 7.99. The number of benzene rings is 1. The molecule has 3 heterocycles. The van der Waals surface area contributed by atoms with Gasteiger partial charge in [0.15, 0.2) is 5.16 Å². The Bertz CT molecular complexity index is 1060. The van der Waals surface area contributed by atoms with Crippen molar-refractivity contribution >= 4 is 33.3 Å². The molecule has 0 saturated heterocycles. The molecule has 1 aliphatic rings. The van der Waals surface area contributed by atoms with Crippen molar-refractivity contribution in [1.29, 1.82) is 0 Å². The largest absolute Gasteiger partial charge is 0.394 e. The van der Waals surface area contributed by atoms with E-state index in [2.05, 4.69) is 11.9 Å². The molecule has 0 fully saturated rings. The van der Waals surface area contributed by atoms with E-state index in [0.29, 0.717) is 5.16 Å². The second kappa shape index (κ2) is 7.96. The van der Waals surface area contributed by atoms with Crippen LogP contribution in [0.5, 0.6) is 0 Å². The van der Waals surface area contributed by atoms with E-state index in [-0.39, 0.29) is 17.9 Å². The molecular formula is C20H23N3O3S2. The molecule has 6 nitrogen and oxygen atoms in total. The predicted octanol–water partition coefficient (Wildman–Crippen LogP) is 2.19. The van der Waals surface area contributed by atoms with Crippen molar-refractivity contribution in [2.24, 2.45) is 0 Å². The number of hydrogen-bond donors (Lipinski definition) is 2. The zero-order chi connectivity index (χ0) is 19.8. The summed E-state index contributed by atoms with van der Waals surface area (Å²) in [5.41, 5.74) is 2.95. The molecule has 0 unspecified atom stereocenters. The first-order valence-corrected chi connectivity index (χ1v) is 11.0. The van der Waals surface area contributed by atoms with Crippen LogP contribution in [0.3, 0.4) is 0 Å². The van der Waals surface area contributed by atoms with Crippen molar-refractivity contribution in [1.82, 2.24) is 14.5 Å². The standard InChI is InChI=1S/C20H23N3O3S2/c1-12-3-5-13(6-4-12)23-19(26)17-15-7-8-22(2)9-16(15)28-18(17)21-20(23)27-11-14(25)10-24/h3-6,14,24-25H,7-11H2,1-2H3/t14-/m0/s1. The van der Waals surface area contributed by atoms with Crippen LogP contribution in [0.1, 0.15) is 16.0 Å². The van der Waals surface area contributed by atoms with E-state index in [1.807, 2.05) is 31.2 Å². The van der Waals surface area contributed by atoms with Crippen LogP contribution < -0.4 is 5.56 Å². The first-order valence-electron chi connectivity index (χ1n) is 9.22. The highest BCUT2D eigenvalue weighted by atomic mass is 32.2. The Morgan fingerprint density at radius 2 is 2.07 bits per heavy atom. The summed E-state index contributed by atoms with van der Waals surface area (Å²) in [6, 6.07) is 7.79. The number of rotatable bonds is 5. The van der Waals surface area contributed by atoms with Gasteiger partial charge >= 0.3 is 0 Å². The second-order valence-electron chi connectivity index (χ2n) is 7.19. The Hall–Kier alpha value is -1.71. The lowest BCUT2D eigenvalue weighted by atomic mass is 10.1. The lowest BCUT2D eigenvalue weighted by Gasteiger charge is -2.21. The highest BCUT2D eigenvalue weighted by Crippen LogP contribution is 2.34. The summed E-state index contributed by atoms with van der Waals surface area (Å²) in [5.74, 6) is 0.272. The first kappa shape index (κ1) is 19.6. The molecule has 8 heteroatoms. The molecule has 148 valence electrons. The zero-order valence-corrected chi connectivity index (χ0v) is 17.5. The molecule has 3 aromatic rings. The first-order chi connectivity index (χ1) is 13.5. The van der Waals surface area contributed by atoms with E-state index in [1.165, 1.54) is 16.6 Å². The van der Waals surface area contributed by atoms with Crippen molar-refractivity contribution in [2.75, 3.05) is 26.0 Å². The van der Waals surface area contributed by atoms with Gasteiger partial charge in [-0.1, -0.05) is 29.5 Å². The summed E-state index contributed by atoms with van der Waals surface area (Å²) in [6.45, 7) is 3.46. The van der Waals surface area contributed by atoms with Gasteiger partial charge in [-0.25, -0.2) is 4.98 Å². The molecule has 0 bridgehead atoms. The van der Waals surface area contributed by atoms with E-state index in [1.54, 1.807) is 15.9 Å². The summed E-state index contributed by atoms with van der Waals surface area (Å²) in [6.07, 6.45) is 0.001000. The molecule has 0 aliphatic carbocycles. The SMILES string of the molecule is Cc1ccc(-n2c(SC[C@@H](O)CO)nc3sc4c(c3c2=O)CCN(C)C4)cc1. The van der Waals surface area contributed by atoms with Crippen LogP contribution in [0.15, 0.2) is 34.2 Å². The number of thioether (sulfide) groups is 1. The topological polar surface area (TPSA) is 78.6 Å². The van der Waals surface area contributed by atoms with E-state index in [9.17, 15) is 9.90 Å². The van der Waals surface area contributed by atoms with E-state index >= 15 is 0 Å². The minimum atomic E-state index is -0.853. The molecule has 0 saturated carbocycles. The Labute approximate surface area is 171 Å². The fourth-order valence-corrected chi connectivity index (χ4v) is 5.66. The summed E-state index contributed by atoms with van der Waals surface area (Å²) >= 11 is 2.88. The van der Waals surface area contributed by atoms with E-state index < -0.39 is 6.10 Å². The predicted molar refractivity (Wildman–Crippen MR) is 114 cm³/mol. The lowest BCUT2D eigenvalue weighted by molar-refractivity contribution is 0.113. The number of aliphatic hydroxyl groups excluding tert-OH is 2. The van der Waals surface area contributed by atoms with Crippen LogP contribution in [0.2, 0.25) is 0 Å². The molecule has 2 N–H and O–H groups in total. The minimum absolute atomic E-state index is 0.0584. The van der Waals surface area contributed by atoms with Crippen LogP contribution >= 0.6 is 23.1 Å². The second-order valence-corrected chi connectivity index (χ2v) is 9.26. The van der Waals surface area contributed by atoms with Crippen molar-refractivity contribution in [3.05, 3.63) is 50.6 Å². The molecule has 2 aromatic heterocycles. The monoisotopic (exact) mass is 417 g/mol. The van der Waals surface area contributed by atoms with E-state index in [0.717, 1.165) is 46.5 Å². The van der Waals surface area contributed by atoms with Crippen LogP contribution in [-0.4, -0.2) is 56.7 Å². The van der Waals surface area contributed by atoms with E-state index in [4.69, 9.17) is 10.1 Å². The Balaban J connectivity index is 1.91. The average molecular weight is 418 g/mol. The number of hydrogen-bond acceptors (Lipinski definition) is 7. The number of nitrogens with zero attached hydrogens (tertiary/aromatic N) is 3. The molecule has 1 atom stereocenters. The van der Waals surface area contributed by atoms with Crippen molar-refractivity contribution in [3.8, 4) is 5.69 Å². The molecule has 0 amide bonds. The summed E-state index contributed by atoms with van der Waals surface area (Å²) in [5, 5.41) is 20.2. The average Bonchev–Trinajstić information content (AvgIpc) is 3.04. The molecule has 1 aromatic carbocycles. The lowest BCUT2D eigenvalue weighted by Crippen LogP contribution is -2.27. The van der Waals surface area contributed by atoms with Crippen molar-refractivity contribution in [3.63, 3.8) is 0 Å². The maximum atomic E-state index is 13.6. The molecule has 0 spiro atoms. The van der Waals surface area contributed by atoms with Crippen molar-refractivity contribution in [2.45, 2.75) is 31.1 Å². The van der Waals surface area contributed by atoms with Gasteiger partial charge in [0, 0.05) is 23.7 Å². The normalized spacial score (nSPS) is 15.7. The van der Waals surface area contributed by atoms with Gasteiger partial charge in [0.2, 0.25) is 0 Å². The van der Waals surface area contributed by atoms with Gasteiger partial charge in [-0.2, -0.15) is 0 Å². The Morgan fingerprint density at radius 1 is 1.32 bits per heavy atom. The van der Waals surface area contributed by atoms with Gasteiger partial charge in [-0.3, -0.25) is 9.36 Å². The highest BCUT2D eigenvalue weighted by Gasteiger charge is 2.24. The third-order valence-electron chi connectivity index (χ3n) is 4.94. The smallest absolute Gasteiger partial charge is 0.267 e. The van der Waals surface area contributed by atoms with Gasteiger partial charge in [0.25, 0.3) is 5.56 Å². The minimum Gasteiger partial charge on any atom is -0.394 e. The molecule has 0 radical (unpaired) electrons. The molecular weight excluding hydrogens is 394 g/mol. The number of aromatic nitrogens is 2. The number of aryl methyl sites for hydroxylation is 1. The maximum Gasteiger partial charge on any atom is 0.267 e. The zero-order valence-electron chi connectivity index (χ0n) is 15.9. The molecule has 4 rings (SSSR count). The van der Waals surface area contributed by atoms with Crippen LogP contribution in [0.25, 0.3) is 15.9 Å². The van der Waals surface area contributed by atoms with Gasteiger partial charge in [-0.05, 0) is 38.1 Å². The number of fused-ring (bicyclic) bond motifs is 3. The van der Waals surface area contributed by atoms with Crippen molar-refractivity contribution < 1.29 is 10.2 Å². The quantitative estimate of drug-likeness (QED) is 0.489. The summed E-state index contributed by atoms with van der Waals surface area (Å²) in [7, 11) is 2.09. The molecule has 28 heavy (non-hydrogen) atoms. The maximum absolute atomic E-state index is 13.6. The third-order valence-corrected chi connectivity index (χ3v) is 7.14. The van der Waals surface area contributed by atoms with Gasteiger partial charge < -0.3 is 15.1 Å². The molecule has 1 aliphatic heterocycles. The third kappa shape index (κ3) is 3.62. The number of aliphatic hydroxyl groups is 2. The fourth-order valence-electron chi connectivity index (χ4n) is 3.39. The number of thiophene rings is 1. The summed E-state index contributed by atoms with van der Waals surface area (Å²) < 4.78 is 1.64.